The molecule has 0 heterocycles. The quantitative estimate of drug-likeness (QED) is 0.891. The smallest absolute Gasteiger partial charge is 0.253 e. The maximum absolute atomic E-state index is 12.5. The molecule has 0 aromatic heterocycles. The molecule has 4 nitrogen and oxygen atoms in total. The minimum absolute atomic E-state index is 0.0104. The van der Waals surface area contributed by atoms with Crippen LogP contribution in [0, 0.1) is 0 Å². The summed E-state index contributed by atoms with van der Waals surface area (Å²) >= 11 is 0. The summed E-state index contributed by atoms with van der Waals surface area (Å²) < 4.78 is 5.69. The average molecular weight is 312 g/mol. The van der Waals surface area contributed by atoms with E-state index >= 15 is 0 Å². The fraction of sp³-hybridized carbons (Fsp3) is 0.316. The van der Waals surface area contributed by atoms with Gasteiger partial charge in [-0.3, -0.25) is 4.79 Å². The molecule has 0 fully saturated rings. The van der Waals surface area contributed by atoms with Crippen LogP contribution in [0.3, 0.4) is 0 Å². The summed E-state index contributed by atoms with van der Waals surface area (Å²) in [5.74, 6) is 0.814. The minimum Gasteiger partial charge on any atom is -0.491 e. The molecule has 4 heteroatoms. The van der Waals surface area contributed by atoms with Crippen LogP contribution in [0.4, 0.5) is 0 Å². The lowest BCUT2D eigenvalue weighted by Gasteiger charge is -2.18. The summed E-state index contributed by atoms with van der Waals surface area (Å²) in [6.45, 7) is 5.00. The highest BCUT2D eigenvalue weighted by Crippen LogP contribution is 2.17. The van der Waals surface area contributed by atoms with Crippen molar-refractivity contribution in [1.29, 1.82) is 0 Å². The first-order chi connectivity index (χ1) is 11.0. The Labute approximate surface area is 137 Å². The maximum atomic E-state index is 12.5. The van der Waals surface area contributed by atoms with Gasteiger partial charge in [0.25, 0.3) is 5.91 Å². The predicted molar refractivity (Wildman–Crippen MR) is 92.3 cm³/mol. The topological polar surface area (TPSA) is 55.6 Å². The Hall–Kier alpha value is -2.33. The summed E-state index contributed by atoms with van der Waals surface area (Å²) in [6, 6.07) is 15.3. The standard InChI is InChI=1S/C19H24N2O2/c1-14(2)23-18-6-4-5-16(11-18)13-21(3)19(22)17-9-7-15(12-20)8-10-17/h4-11,14H,12-13,20H2,1-3H3. The van der Waals surface area contributed by atoms with Crippen LogP contribution in [0.2, 0.25) is 0 Å². The van der Waals surface area contributed by atoms with Crippen molar-refractivity contribution in [2.75, 3.05) is 7.05 Å². The van der Waals surface area contributed by atoms with E-state index in [1.807, 2.05) is 62.4 Å². The van der Waals surface area contributed by atoms with Crippen LogP contribution in [0.1, 0.15) is 35.3 Å². The number of rotatable bonds is 6. The Bertz CT molecular complexity index is 651. The van der Waals surface area contributed by atoms with Crippen LogP contribution < -0.4 is 10.5 Å². The molecule has 122 valence electrons. The molecule has 0 aliphatic heterocycles. The first-order valence-electron chi connectivity index (χ1n) is 7.79. The average Bonchev–Trinajstić information content (AvgIpc) is 2.54. The van der Waals surface area contributed by atoms with Crippen LogP contribution in [-0.4, -0.2) is 24.0 Å². The number of carbonyl (C=O) groups is 1. The van der Waals surface area contributed by atoms with Crippen molar-refractivity contribution in [3.63, 3.8) is 0 Å². The highest BCUT2D eigenvalue weighted by Gasteiger charge is 2.12. The normalized spacial score (nSPS) is 10.7. The summed E-state index contributed by atoms with van der Waals surface area (Å²) in [4.78, 5) is 14.2. The second-order valence-corrected chi connectivity index (χ2v) is 5.88. The van der Waals surface area contributed by atoms with Gasteiger partial charge >= 0.3 is 0 Å². The lowest BCUT2D eigenvalue weighted by Crippen LogP contribution is -2.26. The Morgan fingerprint density at radius 1 is 1.13 bits per heavy atom. The third-order valence-corrected chi connectivity index (χ3v) is 3.47. The molecule has 0 aliphatic rings. The molecule has 0 spiro atoms. The number of hydrogen-bond acceptors (Lipinski definition) is 3. The zero-order valence-electron chi connectivity index (χ0n) is 14.0. The Morgan fingerprint density at radius 3 is 2.43 bits per heavy atom. The molecular weight excluding hydrogens is 288 g/mol. The Kier molecular flexibility index (Phi) is 5.77. The van der Waals surface area contributed by atoms with E-state index in [-0.39, 0.29) is 12.0 Å². The van der Waals surface area contributed by atoms with E-state index in [4.69, 9.17) is 10.5 Å². The molecule has 2 aromatic rings. The molecule has 0 radical (unpaired) electrons. The zero-order chi connectivity index (χ0) is 16.8. The van der Waals surface area contributed by atoms with Gasteiger partial charge in [-0.15, -0.1) is 0 Å². The van der Waals surface area contributed by atoms with Crippen molar-refractivity contribution in [2.45, 2.75) is 33.0 Å². The number of hydrogen-bond donors (Lipinski definition) is 1. The van der Waals surface area contributed by atoms with Crippen molar-refractivity contribution in [1.82, 2.24) is 4.90 Å². The number of nitrogens with two attached hydrogens (primary N) is 1. The lowest BCUT2D eigenvalue weighted by molar-refractivity contribution is 0.0785. The monoisotopic (exact) mass is 312 g/mol. The molecule has 0 saturated heterocycles. The van der Waals surface area contributed by atoms with Gasteiger partial charge in [-0.05, 0) is 49.2 Å². The van der Waals surface area contributed by atoms with E-state index < -0.39 is 0 Å². The molecular formula is C19H24N2O2. The van der Waals surface area contributed by atoms with Gasteiger partial charge in [0.05, 0.1) is 6.10 Å². The lowest BCUT2D eigenvalue weighted by atomic mass is 10.1. The van der Waals surface area contributed by atoms with Crippen molar-refractivity contribution < 1.29 is 9.53 Å². The molecule has 2 rings (SSSR count). The minimum atomic E-state index is -0.0104. The number of amides is 1. The first kappa shape index (κ1) is 17.0. The molecule has 23 heavy (non-hydrogen) atoms. The second-order valence-electron chi connectivity index (χ2n) is 5.88. The summed E-state index contributed by atoms with van der Waals surface area (Å²) in [5, 5.41) is 0. The molecule has 1 amide bonds. The van der Waals surface area contributed by atoms with Crippen molar-refractivity contribution in [2.24, 2.45) is 5.73 Å². The van der Waals surface area contributed by atoms with Gasteiger partial charge in [0.1, 0.15) is 5.75 Å². The SMILES string of the molecule is CC(C)Oc1cccc(CN(C)C(=O)c2ccc(CN)cc2)c1. The van der Waals surface area contributed by atoms with Crippen molar-refractivity contribution >= 4 is 5.91 Å². The fourth-order valence-electron chi connectivity index (χ4n) is 2.34. The molecule has 0 bridgehead atoms. The van der Waals surface area contributed by atoms with E-state index in [1.165, 1.54) is 0 Å². The van der Waals surface area contributed by atoms with Gasteiger partial charge in [-0.2, -0.15) is 0 Å². The number of carbonyl (C=O) groups excluding carboxylic acids is 1. The largest absolute Gasteiger partial charge is 0.491 e. The molecule has 2 aromatic carbocycles. The summed E-state index contributed by atoms with van der Waals surface area (Å²) in [5.41, 5.74) is 8.30. The van der Waals surface area contributed by atoms with E-state index in [2.05, 4.69) is 0 Å². The zero-order valence-corrected chi connectivity index (χ0v) is 14.0. The number of nitrogens with zero attached hydrogens (tertiary/aromatic N) is 1. The third-order valence-electron chi connectivity index (χ3n) is 3.47. The number of ether oxygens (including phenoxy) is 1. The predicted octanol–water partition coefficient (Wildman–Crippen LogP) is 3.20. The Morgan fingerprint density at radius 2 is 1.83 bits per heavy atom. The third kappa shape index (κ3) is 4.83. The van der Waals surface area contributed by atoms with Crippen LogP contribution in [-0.2, 0) is 13.1 Å². The van der Waals surface area contributed by atoms with Gasteiger partial charge in [0.2, 0.25) is 0 Å². The van der Waals surface area contributed by atoms with Gasteiger partial charge in [0.15, 0.2) is 0 Å². The Balaban J connectivity index is 2.05. The highest BCUT2D eigenvalue weighted by molar-refractivity contribution is 5.94. The van der Waals surface area contributed by atoms with E-state index in [0.29, 0.717) is 18.7 Å². The number of benzene rings is 2. The first-order valence-corrected chi connectivity index (χ1v) is 7.79. The molecule has 0 unspecified atom stereocenters. The molecule has 0 aliphatic carbocycles. The van der Waals surface area contributed by atoms with Gasteiger partial charge < -0.3 is 15.4 Å². The van der Waals surface area contributed by atoms with Gasteiger partial charge in [0, 0.05) is 25.7 Å². The fourth-order valence-corrected chi connectivity index (χ4v) is 2.34. The van der Waals surface area contributed by atoms with E-state index in [1.54, 1.807) is 11.9 Å². The summed E-state index contributed by atoms with van der Waals surface area (Å²) in [6.07, 6.45) is 0.130. The van der Waals surface area contributed by atoms with Crippen LogP contribution in [0.25, 0.3) is 0 Å². The second kappa shape index (κ2) is 7.79. The van der Waals surface area contributed by atoms with Gasteiger partial charge in [-0.1, -0.05) is 24.3 Å². The van der Waals surface area contributed by atoms with Crippen LogP contribution >= 0.6 is 0 Å². The molecule has 0 saturated carbocycles. The van der Waals surface area contributed by atoms with E-state index in [0.717, 1.165) is 16.9 Å². The van der Waals surface area contributed by atoms with Crippen LogP contribution in [0.5, 0.6) is 5.75 Å². The van der Waals surface area contributed by atoms with Crippen molar-refractivity contribution in [3.05, 3.63) is 65.2 Å². The van der Waals surface area contributed by atoms with Crippen LogP contribution in [0.15, 0.2) is 48.5 Å². The summed E-state index contributed by atoms with van der Waals surface area (Å²) in [7, 11) is 1.80. The van der Waals surface area contributed by atoms with Crippen molar-refractivity contribution in [3.8, 4) is 5.75 Å². The molecule has 2 N–H and O–H groups in total. The van der Waals surface area contributed by atoms with Gasteiger partial charge in [-0.25, -0.2) is 0 Å². The molecule has 0 atom stereocenters. The highest BCUT2D eigenvalue weighted by atomic mass is 16.5. The maximum Gasteiger partial charge on any atom is 0.253 e. The van der Waals surface area contributed by atoms with E-state index in [9.17, 15) is 4.79 Å².